The monoisotopic (exact) mass is 235 g/mol. The molecule has 0 saturated heterocycles. The maximum atomic E-state index is 13.7. The Bertz CT molecular complexity index is 402. The van der Waals surface area contributed by atoms with E-state index in [0.29, 0.717) is 11.5 Å². The van der Waals surface area contributed by atoms with Crippen LogP contribution in [0.5, 0.6) is 0 Å². The number of nitrogens with two attached hydrogens (primary N) is 1. The van der Waals surface area contributed by atoms with E-state index in [1.165, 1.54) is 12.8 Å². The van der Waals surface area contributed by atoms with E-state index in [2.05, 4.69) is 6.92 Å². The van der Waals surface area contributed by atoms with Crippen LogP contribution < -0.4 is 5.73 Å². The molecule has 1 aromatic rings. The lowest BCUT2D eigenvalue weighted by Gasteiger charge is -2.41. The fourth-order valence-corrected chi connectivity index (χ4v) is 3.10. The zero-order chi connectivity index (χ0) is 12.5. The van der Waals surface area contributed by atoms with Gasteiger partial charge in [0.1, 0.15) is 5.82 Å². The van der Waals surface area contributed by atoms with Crippen LogP contribution in [-0.4, -0.2) is 0 Å². The van der Waals surface area contributed by atoms with Crippen molar-refractivity contribution >= 4 is 0 Å². The fraction of sp³-hybridized carbons (Fsp3) is 0.600. The lowest BCUT2D eigenvalue weighted by Crippen LogP contribution is -2.46. The Morgan fingerprint density at radius 2 is 2.18 bits per heavy atom. The fourth-order valence-electron chi connectivity index (χ4n) is 3.10. The first-order valence-corrected chi connectivity index (χ1v) is 6.63. The highest BCUT2D eigenvalue weighted by Crippen LogP contribution is 2.41. The van der Waals surface area contributed by atoms with E-state index in [0.717, 1.165) is 24.8 Å². The summed E-state index contributed by atoms with van der Waals surface area (Å²) in [6.07, 6.45) is 5.64. The van der Waals surface area contributed by atoms with Gasteiger partial charge >= 0.3 is 0 Å². The molecule has 2 rings (SSSR count). The van der Waals surface area contributed by atoms with Crippen LogP contribution in [-0.2, 0) is 5.54 Å². The Balaban J connectivity index is 2.37. The quantitative estimate of drug-likeness (QED) is 0.827. The van der Waals surface area contributed by atoms with Gasteiger partial charge in [0.2, 0.25) is 0 Å². The van der Waals surface area contributed by atoms with Gasteiger partial charge < -0.3 is 5.73 Å². The molecule has 2 atom stereocenters. The summed E-state index contributed by atoms with van der Waals surface area (Å²) in [5.74, 6) is 0.353. The van der Waals surface area contributed by atoms with Gasteiger partial charge in [-0.15, -0.1) is 0 Å². The Labute approximate surface area is 103 Å². The zero-order valence-corrected chi connectivity index (χ0v) is 10.8. The molecule has 1 saturated carbocycles. The predicted molar refractivity (Wildman–Crippen MR) is 69.3 cm³/mol. The molecule has 0 spiro atoms. The molecule has 0 radical (unpaired) electrons. The van der Waals surface area contributed by atoms with Gasteiger partial charge in [-0.05, 0) is 42.9 Å². The Morgan fingerprint density at radius 1 is 1.41 bits per heavy atom. The molecule has 0 aromatic heterocycles. The SMILES string of the molecule is CCC1CCCCC1(N)c1ccc(C)c(F)c1. The molecule has 2 heteroatoms. The highest BCUT2D eigenvalue weighted by atomic mass is 19.1. The predicted octanol–water partition coefficient (Wildman–Crippen LogP) is 3.89. The zero-order valence-electron chi connectivity index (χ0n) is 10.8. The standard InChI is InChI=1S/C15H22FN/c1-3-12-6-4-5-9-15(12,17)13-8-7-11(2)14(16)10-13/h7-8,10,12H,3-6,9,17H2,1-2H3. The molecular weight excluding hydrogens is 213 g/mol. The van der Waals surface area contributed by atoms with Crippen LogP contribution in [0.15, 0.2) is 18.2 Å². The number of halogens is 1. The minimum absolute atomic E-state index is 0.132. The maximum absolute atomic E-state index is 13.7. The lowest BCUT2D eigenvalue weighted by atomic mass is 9.68. The molecule has 1 fully saturated rings. The molecule has 2 N–H and O–H groups in total. The molecule has 1 nitrogen and oxygen atoms in total. The van der Waals surface area contributed by atoms with E-state index in [9.17, 15) is 4.39 Å². The highest BCUT2D eigenvalue weighted by Gasteiger charge is 2.37. The molecule has 2 unspecified atom stereocenters. The first-order valence-electron chi connectivity index (χ1n) is 6.63. The molecule has 0 aliphatic heterocycles. The van der Waals surface area contributed by atoms with Gasteiger partial charge in [-0.1, -0.05) is 38.3 Å². The van der Waals surface area contributed by atoms with E-state index in [-0.39, 0.29) is 11.4 Å². The number of hydrogen-bond donors (Lipinski definition) is 1. The average molecular weight is 235 g/mol. The van der Waals surface area contributed by atoms with Crippen LogP contribution in [0, 0.1) is 18.7 Å². The lowest BCUT2D eigenvalue weighted by molar-refractivity contribution is 0.183. The number of aryl methyl sites for hydroxylation is 1. The highest BCUT2D eigenvalue weighted by molar-refractivity contribution is 5.30. The van der Waals surface area contributed by atoms with Gasteiger partial charge in [0, 0.05) is 5.54 Å². The van der Waals surface area contributed by atoms with Crippen molar-refractivity contribution in [3.8, 4) is 0 Å². The molecule has 1 aromatic carbocycles. The minimum atomic E-state index is -0.318. The summed E-state index contributed by atoms with van der Waals surface area (Å²) < 4.78 is 13.7. The number of benzene rings is 1. The summed E-state index contributed by atoms with van der Waals surface area (Å²) in [5, 5.41) is 0. The van der Waals surface area contributed by atoms with Crippen molar-refractivity contribution in [1.29, 1.82) is 0 Å². The second-order valence-corrected chi connectivity index (χ2v) is 5.36. The van der Waals surface area contributed by atoms with Crippen molar-refractivity contribution in [3.63, 3.8) is 0 Å². The molecule has 94 valence electrons. The van der Waals surface area contributed by atoms with Crippen LogP contribution in [0.1, 0.15) is 50.2 Å². The van der Waals surface area contributed by atoms with Gasteiger partial charge in [0.15, 0.2) is 0 Å². The molecule has 1 aliphatic rings. The van der Waals surface area contributed by atoms with E-state index in [1.54, 1.807) is 13.0 Å². The molecule has 0 amide bonds. The Morgan fingerprint density at radius 3 is 2.82 bits per heavy atom. The summed E-state index contributed by atoms with van der Waals surface area (Å²) in [7, 11) is 0. The van der Waals surface area contributed by atoms with Crippen molar-refractivity contribution in [2.24, 2.45) is 11.7 Å². The molecule has 17 heavy (non-hydrogen) atoms. The molecular formula is C15H22FN. The molecule has 1 aliphatic carbocycles. The maximum Gasteiger partial charge on any atom is 0.126 e. The normalized spacial score (nSPS) is 29.3. The van der Waals surface area contributed by atoms with E-state index < -0.39 is 0 Å². The van der Waals surface area contributed by atoms with Crippen LogP contribution in [0.25, 0.3) is 0 Å². The Hall–Kier alpha value is -0.890. The third kappa shape index (κ3) is 2.23. The summed E-state index contributed by atoms with van der Waals surface area (Å²) >= 11 is 0. The van der Waals surface area contributed by atoms with Crippen LogP contribution in [0.4, 0.5) is 4.39 Å². The van der Waals surface area contributed by atoms with E-state index in [4.69, 9.17) is 5.73 Å². The largest absolute Gasteiger partial charge is 0.321 e. The van der Waals surface area contributed by atoms with Crippen LogP contribution in [0.2, 0.25) is 0 Å². The minimum Gasteiger partial charge on any atom is -0.321 e. The number of rotatable bonds is 2. The van der Waals surface area contributed by atoms with Gasteiger partial charge in [-0.3, -0.25) is 0 Å². The van der Waals surface area contributed by atoms with Crippen molar-refractivity contribution in [3.05, 3.63) is 35.1 Å². The topological polar surface area (TPSA) is 26.0 Å². The van der Waals surface area contributed by atoms with Gasteiger partial charge in [0.05, 0.1) is 0 Å². The molecule has 0 heterocycles. The van der Waals surface area contributed by atoms with Crippen molar-refractivity contribution in [2.75, 3.05) is 0 Å². The second-order valence-electron chi connectivity index (χ2n) is 5.36. The van der Waals surface area contributed by atoms with Gasteiger partial charge in [-0.25, -0.2) is 4.39 Å². The van der Waals surface area contributed by atoms with Crippen molar-refractivity contribution in [2.45, 2.75) is 51.5 Å². The van der Waals surface area contributed by atoms with Crippen molar-refractivity contribution in [1.82, 2.24) is 0 Å². The second kappa shape index (κ2) is 4.77. The summed E-state index contributed by atoms with van der Waals surface area (Å²) in [5.41, 5.74) is 7.94. The van der Waals surface area contributed by atoms with Crippen LogP contribution in [0.3, 0.4) is 0 Å². The molecule has 0 bridgehead atoms. The van der Waals surface area contributed by atoms with Gasteiger partial charge in [-0.2, -0.15) is 0 Å². The summed E-state index contributed by atoms with van der Waals surface area (Å²) in [4.78, 5) is 0. The first-order chi connectivity index (χ1) is 8.08. The summed E-state index contributed by atoms with van der Waals surface area (Å²) in [6.45, 7) is 3.97. The van der Waals surface area contributed by atoms with E-state index in [1.807, 2.05) is 12.1 Å². The van der Waals surface area contributed by atoms with Gasteiger partial charge in [0.25, 0.3) is 0 Å². The Kier molecular flexibility index (Phi) is 3.53. The smallest absolute Gasteiger partial charge is 0.126 e. The third-order valence-electron chi connectivity index (χ3n) is 4.32. The average Bonchev–Trinajstić information content (AvgIpc) is 2.33. The first kappa shape index (κ1) is 12.6. The van der Waals surface area contributed by atoms with Crippen molar-refractivity contribution < 1.29 is 4.39 Å². The summed E-state index contributed by atoms with van der Waals surface area (Å²) in [6, 6.07) is 5.50. The third-order valence-corrected chi connectivity index (χ3v) is 4.32. The number of hydrogen-bond acceptors (Lipinski definition) is 1. The van der Waals surface area contributed by atoms with Crippen LogP contribution >= 0.6 is 0 Å². The van der Waals surface area contributed by atoms with E-state index >= 15 is 0 Å².